The fourth-order valence-electron chi connectivity index (χ4n) is 2.30. The molecule has 2 rings (SSSR count). The van der Waals surface area contributed by atoms with Crippen LogP contribution < -0.4 is 15.8 Å². The molecule has 0 spiro atoms. The van der Waals surface area contributed by atoms with E-state index in [-0.39, 0.29) is 18.6 Å². The number of anilines is 2. The number of aryl methyl sites for hydroxylation is 2. The van der Waals surface area contributed by atoms with Gasteiger partial charge in [0.1, 0.15) is 12.3 Å². The minimum Gasteiger partial charge on any atom is -0.482 e. The Morgan fingerprint density at radius 2 is 2.25 bits per heavy atom. The van der Waals surface area contributed by atoms with Crippen LogP contribution in [0.2, 0.25) is 0 Å². The van der Waals surface area contributed by atoms with E-state index < -0.39 is 0 Å². The molecule has 0 unspecified atom stereocenters. The third-order valence-corrected chi connectivity index (χ3v) is 3.78. The number of nitrogens with one attached hydrogen (secondary N) is 1. The summed E-state index contributed by atoms with van der Waals surface area (Å²) in [5, 5.41) is 17.1. The summed E-state index contributed by atoms with van der Waals surface area (Å²) in [6, 6.07) is 1.86. The number of aliphatic hydroxyl groups excluding tert-OH is 1. The average molecular weight is 334 g/mol. The number of hydrogen-bond acceptors (Lipinski definition) is 7. The van der Waals surface area contributed by atoms with Crippen molar-refractivity contribution in [1.29, 1.82) is 0 Å². The first-order chi connectivity index (χ1) is 11.5. The zero-order valence-electron chi connectivity index (χ0n) is 14.5. The normalized spacial score (nSPS) is 12.2. The first kappa shape index (κ1) is 18.0. The monoisotopic (exact) mass is 334 g/mol. The van der Waals surface area contributed by atoms with Gasteiger partial charge >= 0.3 is 0 Å². The lowest BCUT2D eigenvalue weighted by atomic mass is 10.1. The molecular formula is C16H26N6O2. The van der Waals surface area contributed by atoms with E-state index in [0.717, 1.165) is 30.7 Å². The molecule has 0 aliphatic heterocycles. The molecule has 0 aliphatic rings. The highest BCUT2D eigenvalue weighted by Gasteiger charge is 2.14. The lowest BCUT2D eigenvalue weighted by Crippen LogP contribution is -2.25. The zero-order chi connectivity index (χ0) is 17.5. The Morgan fingerprint density at radius 3 is 2.88 bits per heavy atom. The summed E-state index contributed by atoms with van der Waals surface area (Å²) in [6.45, 7) is 4.42. The second kappa shape index (κ2) is 8.49. The molecule has 0 aromatic carbocycles. The van der Waals surface area contributed by atoms with Gasteiger partial charge in [0.2, 0.25) is 5.95 Å². The van der Waals surface area contributed by atoms with Crippen molar-refractivity contribution >= 4 is 11.8 Å². The van der Waals surface area contributed by atoms with Crippen molar-refractivity contribution in [2.45, 2.75) is 45.8 Å². The van der Waals surface area contributed by atoms with Gasteiger partial charge in [-0.25, -0.2) is 4.98 Å². The van der Waals surface area contributed by atoms with Gasteiger partial charge in [0.25, 0.3) is 0 Å². The molecule has 8 nitrogen and oxygen atoms in total. The number of hydrogen-bond donors (Lipinski definition) is 3. The van der Waals surface area contributed by atoms with E-state index in [1.165, 1.54) is 6.20 Å². The number of nitrogen functional groups attached to an aromatic ring is 1. The van der Waals surface area contributed by atoms with Crippen LogP contribution in [0, 0.1) is 6.92 Å². The third kappa shape index (κ3) is 4.82. The number of nitrogens with two attached hydrogens (primary N) is 1. The van der Waals surface area contributed by atoms with E-state index in [1.54, 1.807) is 4.68 Å². The summed E-state index contributed by atoms with van der Waals surface area (Å²) in [7, 11) is 1.89. The van der Waals surface area contributed by atoms with Crippen molar-refractivity contribution in [3.63, 3.8) is 0 Å². The minimum absolute atomic E-state index is 0.0166. The van der Waals surface area contributed by atoms with E-state index in [2.05, 4.69) is 27.3 Å². The summed E-state index contributed by atoms with van der Waals surface area (Å²) in [5.41, 5.74) is 7.56. The summed E-state index contributed by atoms with van der Waals surface area (Å²) < 4.78 is 7.59. The van der Waals surface area contributed by atoms with Crippen LogP contribution in [0.4, 0.5) is 11.8 Å². The SMILES string of the molecule is CCCC[C@@H](CO)Nc1nc(N)ncc1OCc1cc(C)n(C)n1. The van der Waals surface area contributed by atoms with Crippen molar-refractivity contribution in [2.75, 3.05) is 17.7 Å². The molecule has 1 atom stereocenters. The van der Waals surface area contributed by atoms with E-state index in [4.69, 9.17) is 10.5 Å². The summed E-state index contributed by atoms with van der Waals surface area (Å²) in [6.07, 6.45) is 4.46. The highest BCUT2D eigenvalue weighted by Crippen LogP contribution is 2.24. The molecule has 24 heavy (non-hydrogen) atoms. The Morgan fingerprint density at radius 1 is 1.46 bits per heavy atom. The molecule has 0 fully saturated rings. The summed E-state index contributed by atoms with van der Waals surface area (Å²) in [4.78, 5) is 8.18. The number of aromatic nitrogens is 4. The van der Waals surface area contributed by atoms with Gasteiger partial charge < -0.3 is 20.9 Å². The predicted molar refractivity (Wildman–Crippen MR) is 92.7 cm³/mol. The third-order valence-electron chi connectivity index (χ3n) is 3.78. The maximum Gasteiger partial charge on any atom is 0.222 e. The Balaban J connectivity index is 2.08. The topological polar surface area (TPSA) is 111 Å². The fraction of sp³-hybridized carbons (Fsp3) is 0.562. The van der Waals surface area contributed by atoms with Crippen LogP contribution in [0.5, 0.6) is 5.75 Å². The number of aliphatic hydroxyl groups is 1. The zero-order valence-corrected chi connectivity index (χ0v) is 14.5. The Labute approximate surface area is 142 Å². The van der Waals surface area contributed by atoms with Crippen LogP contribution in [0.15, 0.2) is 12.3 Å². The predicted octanol–water partition coefficient (Wildman–Crippen LogP) is 1.64. The van der Waals surface area contributed by atoms with Gasteiger partial charge in [0.15, 0.2) is 11.6 Å². The molecule has 0 radical (unpaired) electrons. The molecule has 2 aromatic rings. The number of rotatable bonds is 9. The quantitative estimate of drug-likeness (QED) is 0.639. The second-order valence-electron chi connectivity index (χ2n) is 5.80. The molecule has 8 heteroatoms. The molecule has 132 valence electrons. The standard InChI is InChI=1S/C16H26N6O2/c1-4-5-6-12(9-23)19-15-14(8-18-16(17)20-15)24-10-13-7-11(2)22(3)21-13/h7-8,12,23H,4-6,9-10H2,1-3H3,(H3,17,18,19,20)/t12-/m0/s1. The highest BCUT2D eigenvalue weighted by molar-refractivity contribution is 5.51. The average Bonchev–Trinajstić information content (AvgIpc) is 2.88. The largest absolute Gasteiger partial charge is 0.482 e. The number of nitrogens with zero attached hydrogens (tertiary/aromatic N) is 4. The van der Waals surface area contributed by atoms with Crippen molar-refractivity contribution < 1.29 is 9.84 Å². The van der Waals surface area contributed by atoms with Crippen LogP contribution in [0.1, 0.15) is 37.6 Å². The van der Waals surface area contributed by atoms with Crippen LogP contribution in [-0.2, 0) is 13.7 Å². The van der Waals surface area contributed by atoms with Gasteiger partial charge in [0, 0.05) is 12.7 Å². The van der Waals surface area contributed by atoms with Crippen LogP contribution >= 0.6 is 0 Å². The van der Waals surface area contributed by atoms with Gasteiger partial charge in [-0.2, -0.15) is 10.1 Å². The van der Waals surface area contributed by atoms with Crippen molar-refractivity contribution in [3.05, 3.63) is 23.7 Å². The smallest absolute Gasteiger partial charge is 0.222 e. The van der Waals surface area contributed by atoms with Crippen molar-refractivity contribution in [3.8, 4) is 5.75 Å². The van der Waals surface area contributed by atoms with Crippen molar-refractivity contribution in [2.24, 2.45) is 7.05 Å². The maximum atomic E-state index is 9.52. The van der Waals surface area contributed by atoms with Gasteiger partial charge in [0.05, 0.1) is 18.8 Å². The molecule has 0 saturated heterocycles. The molecule has 0 aliphatic carbocycles. The molecule has 2 aromatic heterocycles. The van der Waals surface area contributed by atoms with Crippen LogP contribution in [-0.4, -0.2) is 37.5 Å². The number of unbranched alkanes of at least 4 members (excludes halogenated alkanes) is 1. The first-order valence-corrected chi connectivity index (χ1v) is 8.15. The Hall–Kier alpha value is -2.35. The van der Waals surface area contributed by atoms with Crippen LogP contribution in [0.25, 0.3) is 0 Å². The summed E-state index contributed by atoms with van der Waals surface area (Å²) in [5.74, 6) is 1.14. The lowest BCUT2D eigenvalue weighted by molar-refractivity contribution is 0.265. The number of ether oxygens (including phenoxy) is 1. The van der Waals surface area contributed by atoms with E-state index in [1.807, 2.05) is 20.0 Å². The lowest BCUT2D eigenvalue weighted by Gasteiger charge is -2.18. The molecule has 4 N–H and O–H groups in total. The van der Waals surface area contributed by atoms with Crippen molar-refractivity contribution in [1.82, 2.24) is 19.7 Å². The van der Waals surface area contributed by atoms with Crippen LogP contribution in [0.3, 0.4) is 0 Å². The van der Waals surface area contributed by atoms with Gasteiger partial charge in [-0.3, -0.25) is 4.68 Å². The molecule has 0 amide bonds. The highest BCUT2D eigenvalue weighted by atomic mass is 16.5. The minimum atomic E-state index is -0.0984. The Bertz CT molecular complexity index is 639. The van der Waals surface area contributed by atoms with E-state index >= 15 is 0 Å². The van der Waals surface area contributed by atoms with E-state index in [9.17, 15) is 5.11 Å². The fourth-order valence-corrected chi connectivity index (χ4v) is 2.30. The molecule has 0 bridgehead atoms. The van der Waals surface area contributed by atoms with Gasteiger partial charge in [-0.15, -0.1) is 0 Å². The van der Waals surface area contributed by atoms with Gasteiger partial charge in [-0.1, -0.05) is 19.8 Å². The van der Waals surface area contributed by atoms with Gasteiger partial charge in [-0.05, 0) is 19.4 Å². The molecule has 0 saturated carbocycles. The maximum absolute atomic E-state index is 9.52. The first-order valence-electron chi connectivity index (χ1n) is 8.15. The molecular weight excluding hydrogens is 308 g/mol. The second-order valence-corrected chi connectivity index (χ2v) is 5.80. The van der Waals surface area contributed by atoms with E-state index in [0.29, 0.717) is 18.2 Å². The summed E-state index contributed by atoms with van der Waals surface area (Å²) >= 11 is 0. The Kier molecular flexibility index (Phi) is 6.36. The molecule has 2 heterocycles.